The lowest BCUT2D eigenvalue weighted by molar-refractivity contribution is 0.0698. The van der Waals surface area contributed by atoms with E-state index in [0.29, 0.717) is 12.2 Å². The minimum atomic E-state index is -1.05. The summed E-state index contributed by atoms with van der Waals surface area (Å²) < 4.78 is -0.0741. The van der Waals surface area contributed by atoms with E-state index in [1.807, 2.05) is 33.1 Å². The molecule has 0 aromatic heterocycles. The maximum Gasteiger partial charge on any atom is 0.337 e. The lowest BCUT2D eigenvalue weighted by atomic mass is 10.0. The lowest BCUT2D eigenvalue weighted by Crippen LogP contribution is -2.38. The van der Waals surface area contributed by atoms with E-state index < -0.39 is 12.0 Å². The molecule has 21 heavy (non-hydrogen) atoms. The van der Waals surface area contributed by atoms with Crippen LogP contribution in [0.4, 0.5) is 10.5 Å². The van der Waals surface area contributed by atoms with Crippen LogP contribution >= 0.6 is 11.8 Å². The zero-order valence-corrected chi connectivity index (χ0v) is 13.9. The van der Waals surface area contributed by atoms with Crippen molar-refractivity contribution in [2.75, 3.05) is 18.1 Å². The molecule has 0 heterocycles. The Morgan fingerprint density at radius 3 is 2.43 bits per heavy atom. The molecule has 0 atom stereocenters. The van der Waals surface area contributed by atoms with E-state index in [-0.39, 0.29) is 10.3 Å². The van der Waals surface area contributed by atoms with Gasteiger partial charge in [0.2, 0.25) is 0 Å². The van der Waals surface area contributed by atoms with Crippen molar-refractivity contribution >= 4 is 29.4 Å². The van der Waals surface area contributed by atoms with E-state index in [2.05, 4.69) is 10.6 Å². The summed E-state index contributed by atoms with van der Waals surface area (Å²) in [5, 5.41) is 14.7. The highest BCUT2D eigenvalue weighted by atomic mass is 32.2. The van der Waals surface area contributed by atoms with Gasteiger partial charge in [0.05, 0.1) is 11.3 Å². The zero-order chi connectivity index (χ0) is 16.2. The monoisotopic (exact) mass is 310 g/mol. The fourth-order valence-corrected chi connectivity index (χ4v) is 2.04. The lowest BCUT2D eigenvalue weighted by Gasteiger charge is -2.22. The Hall–Kier alpha value is -1.69. The number of nitrogens with one attached hydrogen (secondary N) is 2. The molecule has 0 radical (unpaired) electrons. The maximum absolute atomic E-state index is 12.0. The molecule has 0 bridgehead atoms. The zero-order valence-electron chi connectivity index (χ0n) is 13.0. The Balaban J connectivity index is 2.88. The maximum atomic E-state index is 12.0. The summed E-state index contributed by atoms with van der Waals surface area (Å²) >= 11 is 1.65. The first-order valence-electron chi connectivity index (χ1n) is 6.61. The van der Waals surface area contributed by atoms with Crippen LogP contribution in [0.3, 0.4) is 0 Å². The summed E-state index contributed by atoms with van der Waals surface area (Å²) in [6, 6.07) is 3.00. The number of thioether (sulfide) groups is 1. The molecule has 1 aromatic rings. The molecule has 3 N–H and O–H groups in total. The molecule has 6 heteroatoms. The molecule has 0 aliphatic rings. The summed E-state index contributed by atoms with van der Waals surface area (Å²) in [6.45, 7) is 8.15. The third kappa shape index (κ3) is 4.97. The van der Waals surface area contributed by atoms with E-state index in [1.54, 1.807) is 24.8 Å². The van der Waals surface area contributed by atoms with Crippen LogP contribution in [0.1, 0.15) is 35.3 Å². The molecule has 116 valence electrons. The average Bonchev–Trinajstić information content (AvgIpc) is 2.39. The summed E-state index contributed by atoms with van der Waals surface area (Å²) in [7, 11) is 0. The number of rotatable bonds is 5. The van der Waals surface area contributed by atoms with Gasteiger partial charge in [0, 0.05) is 11.3 Å². The van der Waals surface area contributed by atoms with Crippen molar-refractivity contribution in [2.24, 2.45) is 0 Å². The molecule has 2 amide bonds. The second-order valence-electron chi connectivity index (χ2n) is 5.58. The molecule has 0 fully saturated rings. The Kier molecular flexibility index (Phi) is 5.66. The van der Waals surface area contributed by atoms with Gasteiger partial charge in [-0.05, 0) is 51.1 Å². The fraction of sp³-hybridized carbons (Fsp3) is 0.467. The summed E-state index contributed by atoms with van der Waals surface area (Å²) in [5.41, 5.74) is 2.02. The number of urea groups is 1. The molecule has 0 aliphatic heterocycles. The number of amides is 2. The number of benzene rings is 1. The van der Waals surface area contributed by atoms with Crippen LogP contribution < -0.4 is 10.6 Å². The highest BCUT2D eigenvalue weighted by Gasteiger charge is 2.19. The Bertz CT molecular complexity index is 556. The number of carbonyl (C=O) groups is 2. The standard InChI is InChI=1S/C15H22N2O3S/c1-9-6-10(2)12(11(7-9)13(18)19)17-14(20)16-8-15(3,4)21-5/h6-7H,8H2,1-5H3,(H,18,19)(H2,16,17,20). The largest absolute Gasteiger partial charge is 0.478 e. The normalized spacial score (nSPS) is 11.1. The minimum absolute atomic E-state index is 0.0741. The van der Waals surface area contributed by atoms with Gasteiger partial charge in [0.1, 0.15) is 0 Å². The van der Waals surface area contributed by atoms with Crippen molar-refractivity contribution in [3.63, 3.8) is 0 Å². The quantitative estimate of drug-likeness (QED) is 0.780. The van der Waals surface area contributed by atoms with Crippen molar-refractivity contribution in [3.05, 3.63) is 28.8 Å². The van der Waals surface area contributed by atoms with Gasteiger partial charge in [-0.25, -0.2) is 9.59 Å². The SMILES string of the molecule is CSC(C)(C)CNC(=O)Nc1c(C)cc(C)cc1C(=O)O. The van der Waals surface area contributed by atoms with E-state index in [4.69, 9.17) is 0 Å². The predicted octanol–water partition coefficient (Wildman–Crippen LogP) is 3.26. The highest BCUT2D eigenvalue weighted by molar-refractivity contribution is 7.99. The van der Waals surface area contributed by atoms with Crippen molar-refractivity contribution in [3.8, 4) is 0 Å². The van der Waals surface area contributed by atoms with Gasteiger partial charge < -0.3 is 15.7 Å². The highest BCUT2D eigenvalue weighted by Crippen LogP contribution is 2.23. The second kappa shape index (κ2) is 6.85. The number of carbonyl (C=O) groups excluding carboxylic acids is 1. The smallest absolute Gasteiger partial charge is 0.337 e. The number of hydrogen-bond acceptors (Lipinski definition) is 3. The van der Waals surface area contributed by atoms with E-state index in [0.717, 1.165) is 11.1 Å². The van der Waals surface area contributed by atoms with Crippen molar-refractivity contribution in [2.45, 2.75) is 32.4 Å². The molecule has 1 rings (SSSR count). The number of aryl methyl sites for hydroxylation is 2. The van der Waals surface area contributed by atoms with Crippen molar-refractivity contribution in [1.29, 1.82) is 0 Å². The predicted molar refractivity (Wildman–Crippen MR) is 87.5 cm³/mol. The first-order chi connectivity index (χ1) is 9.66. The van der Waals surface area contributed by atoms with Gasteiger partial charge >= 0.3 is 12.0 Å². The van der Waals surface area contributed by atoms with Gasteiger partial charge in [-0.3, -0.25) is 0 Å². The molecule has 0 saturated carbocycles. The van der Waals surface area contributed by atoms with Crippen LogP contribution in [0.2, 0.25) is 0 Å². The third-order valence-corrected chi connectivity index (χ3v) is 4.43. The van der Waals surface area contributed by atoms with E-state index in [1.165, 1.54) is 0 Å². The molecule has 5 nitrogen and oxygen atoms in total. The average molecular weight is 310 g/mol. The molecule has 1 aromatic carbocycles. The van der Waals surface area contributed by atoms with Crippen LogP contribution in [0.5, 0.6) is 0 Å². The number of carboxylic acids is 1. The third-order valence-electron chi connectivity index (χ3n) is 3.18. The second-order valence-corrected chi connectivity index (χ2v) is 7.09. The minimum Gasteiger partial charge on any atom is -0.478 e. The van der Waals surface area contributed by atoms with Gasteiger partial charge in [0.15, 0.2) is 0 Å². The molecular weight excluding hydrogens is 288 g/mol. The molecule has 0 saturated heterocycles. The summed E-state index contributed by atoms with van der Waals surface area (Å²) in [5.74, 6) is -1.05. The van der Waals surface area contributed by atoms with E-state index >= 15 is 0 Å². The van der Waals surface area contributed by atoms with Crippen molar-refractivity contribution < 1.29 is 14.7 Å². The van der Waals surface area contributed by atoms with Crippen LogP contribution in [0.25, 0.3) is 0 Å². The Morgan fingerprint density at radius 1 is 1.29 bits per heavy atom. The van der Waals surface area contributed by atoms with Crippen LogP contribution in [-0.4, -0.2) is 34.7 Å². The molecule has 0 aliphatic carbocycles. The molecule has 0 spiro atoms. The number of anilines is 1. The molecular formula is C15H22N2O3S. The Morgan fingerprint density at radius 2 is 1.90 bits per heavy atom. The summed E-state index contributed by atoms with van der Waals surface area (Å²) in [6.07, 6.45) is 1.98. The number of carboxylic acid groups (broad SMARTS) is 1. The Labute approximate surface area is 129 Å². The van der Waals surface area contributed by atoms with Gasteiger partial charge in [0.25, 0.3) is 0 Å². The van der Waals surface area contributed by atoms with Gasteiger partial charge in [-0.2, -0.15) is 11.8 Å². The first kappa shape index (κ1) is 17.4. The van der Waals surface area contributed by atoms with E-state index in [9.17, 15) is 14.7 Å². The van der Waals surface area contributed by atoms with Crippen molar-refractivity contribution in [1.82, 2.24) is 5.32 Å². The topological polar surface area (TPSA) is 78.4 Å². The van der Waals surface area contributed by atoms with Gasteiger partial charge in [-0.15, -0.1) is 0 Å². The van der Waals surface area contributed by atoms with Crippen LogP contribution in [0, 0.1) is 13.8 Å². The van der Waals surface area contributed by atoms with Gasteiger partial charge in [-0.1, -0.05) is 6.07 Å². The summed E-state index contributed by atoms with van der Waals surface area (Å²) in [4.78, 5) is 23.3. The molecule has 0 unspecified atom stereocenters. The first-order valence-corrected chi connectivity index (χ1v) is 7.83. The van der Waals surface area contributed by atoms with Crippen LogP contribution in [0.15, 0.2) is 12.1 Å². The fourth-order valence-electron chi connectivity index (χ4n) is 1.83. The number of aromatic carboxylic acids is 1. The van der Waals surface area contributed by atoms with Crippen LogP contribution in [-0.2, 0) is 0 Å². The number of hydrogen-bond donors (Lipinski definition) is 3.